The second-order valence-electron chi connectivity index (χ2n) is 5.01. The maximum Gasteiger partial charge on any atom is 0.140 e. The molecule has 4 nitrogen and oxygen atoms in total. The Balaban J connectivity index is 1.99. The minimum absolute atomic E-state index is 0.485. The third kappa shape index (κ3) is 2.51. The Bertz CT molecular complexity index is 573. The Labute approximate surface area is 117 Å². The van der Waals surface area contributed by atoms with Crippen LogP contribution in [0, 0.1) is 6.92 Å². The van der Waals surface area contributed by atoms with Crippen LogP contribution in [0.15, 0.2) is 24.5 Å². The highest BCUT2D eigenvalue weighted by Gasteiger charge is 2.21. The summed E-state index contributed by atoms with van der Waals surface area (Å²) in [6.45, 7) is 4.17. The Morgan fingerprint density at radius 2 is 2.11 bits per heavy atom. The topological polar surface area (TPSA) is 42.7 Å². The van der Waals surface area contributed by atoms with E-state index in [2.05, 4.69) is 27.0 Å². The average molecular weight is 277 g/mol. The summed E-state index contributed by atoms with van der Waals surface area (Å²) in [6.07, 6.45) is 4.03. The van der Waals surface area contributed by atoms with Gasteiger partial charge in [-0.15, -0.1) is 10.2 Å². The molecule has 1 aromatic carbocycles. The van der Waals surface area contributed by atoms with Gasteiger partial charge in [-0.05, 0) is 56.6 Å². The summed E-state index contributed by atoms with van der Waals surface area (Å²) < 4.78 is 2.10. The normalized spacial score (nSPS) is 16.7. The summed E-state index contributed by atoms with van der Waals surface area (Å²) in [7, 11) is 0. The van der Waals surface area contributed by atoms with Crippen LogP contribution in [-0.4, -0.2) is 27.9 Å². The summed E-state index contributed by atoms with van der Waals surface area (Å²) in [4.78, 5) is 0. The fourth-order valence-corrected chi connectivity index (χ4v) is 2.90. The molecule has 19 heavy (non-hydrogen) atoms. The lowest BCUT2D eigenvalue weighted by atomic mass is 9.97. The van der Waals surface area contributed by atoms with Crippen LogP contribution in [0.2, 0.25) is 5.02 Å². The number of aryl methyl sites for hydroxylation is 1. The molecule has 0 unspecified atom stereocenters. The Hall–Kier alpha value is -1.39. The molecule has 1 saturated heterocycles. The fraction of sp³-hybridized carbons (Fsp3) is 0.429. The van der Waals surface area contributed by atoms with Crippen molar-refractivity contribution in [3.63, 3.8) is 0 Å². The molecule has 1 aromatic heterocycles. The lowest BCUT2D eigenvalue weighted by molar-refractivity contribution is 0.440. The zero-order valence-corrected chi connectivity index (χ0v) is 11.7. The zero-order valence-electron chi connectivity index (χ0n) is 10.9. The highest BCUT2D eigenvalue weighted by molar-refractivity contribution is 6.30. The van der Waals surface area contributed by atoms with E-state index >= 15 is 0 Å². The standard InChI is InChI=1S/C14H17ClN4/c1-10-8-12(15)2-3-13(10)19-9-17-18-14(19)11-4-6-16-7-5-11/h2-3,8-9,11,16H,4-7H2,1H3. The zero-order chi connectivity index (χ0) is 13.2. The van der Waals surface area contributed by atoms with Crippen molar-refractivity contribution in [2.45, 2.75) is 25.7 Å². The molecular formula is C14H17ClN4. The first kappa shape index (κ1) is 12.6. The van der Waals surface area contributed by atoms with Crippen LogP contribution < -0.4 is 5.32 Å². The Morgan fingerprint density at radius 1 is 1.32 bits per heavy atom. The van der Waals surface area contributed by atoms with Crippen molar-refractivity contribution in [1.82, 2.24) is 20.1 Å². The van der Waals surface area contributed by atoms with Gasteiger partial charge < -0.3 is 5.32 Å². The lowest BCUT2D eigenvalue weighted by Crippen LogP contribution is -2.28. The van der Waals surface area contributed by atoms with Crippen molar-refractivity contribution in [2.75, 3.05) is 13.1 Å². The first-order valence-electron chi connectivity index (χ1n) is 6.63. The molecule has 1 N–H and O–H groups in total. The number of piperidine rings is 1. The van der Waals surface area contributed by atoms with Crippen molar-refractivity contribution < 1.29 is 0 Å². The third-order valence-electron chi connectivity index (χ3n) is 3.70. The van der Waals surface area contributed by atoms with Gasteiger partial charge >= 0.3 is 0 Å². The monoisotopic (exact) mass is 276 g/mol. The van der Waals surface area contributed by atoms with Gasteiger partial charge in [0.15, 0.2) is 0 Å². The molecule has 100 valence electrons. The molecule has 2 heterocycles. The van der Waals surface area contributed by atoms with Crippen LogP contribution in [0.25, 0.3) is 5.69 Å². The SMILES string of the molecule is Cc1cc(Cl)ccc1-n1cnnc1C1CCNCC1. The molecular weight excluding hydrogens is 260 g/mol. The number of hydrogen-bond donors (Lipinski definition) is 1. The Kier molecular flexibility index (Phi) is 3.53. The second kappa shape index (κ2) is 5.31. The van der Waals surface area contributed by atoms with Gasteiger partial charge in [-0.3, -0.25) is 4.57 Å². The highest BCUT2D eigenvalue weighted by atomic mass is 35.5. The summed E-state index contributed by atoms with van der Waals surface area (Å²) in [5, 5.41) is 12.6. The number of halogens is 1. The van der Waals surface area contributed by atoms with E-state index in [4.69, 9.17) is 11.6 Å². The van der Waals surface area contributed by atoms with E-state index in [9.17, 15) is 0 Å². The number of benzene rings is 1. The van der Waals surface area contributed by atoms with Crippen molar-refractivity contribution in [3.05, 3.63) is 40.9 Å². The fourth-order valence-electron chi connectivity index (χ4n) is 2.68. The van der Waals surface area contributed by atoms with Crippen LogP contribution in [0.3, 0.4) is 0 Å². The van der Waals surface area contributed by atoms with Crippen molar-refractivity contribution in [3.8, 4) is 5.69 Å². The summed E-state index contributed by atoms with van der Waals surface area (Å²) in [5.41, 5.74) is 2.26. The third-order valence-corrected chi connectivity index (χ3v) is 3.93. The van der Waals surface area contributed by atoms with Gasteiger partial charge in [0.1, 0.15) is 12.2 Å². The molecule has 0 radical (unpaired) electrons. The second-order valence-corrected chi connectivity index (χ2v) is 5.45. The molecule has 1 fully saturated rings. The van der Waals surface area contributed by atoms with E-state index in [0.717, 1.165) is 48.0 Å². The van der Waals surface area contributed by atoms with Gasteiger partial charge in [-0.25, -0.2) is 0 Å². The van der Waals surface area contributed by atoms with Crippen LogP contribution in [0.5, 0.6) is 0 Å². The lowest BCUT2D eigenvalue weighted by Gasteiger charge is -2.22. The van der Waals surface area contributed by atoms with E-state index < -0.39 is 0 Å². The van der Waals surface area contributed by atoms with Crippen LogP contribution >= 0.6 is 11.6 Å². The number of nitrogens with zero attached hydrogens (tertiary/aromatic N) is 3. The molecule has 0 saturated carbocycles. The van der Waals surface area contributed by atoms with Crippen LogP contribution in [0.4, 0.5) is 0 Å². The van der Waals surface area contributed by atoms with E-state index in [-0.39, 0.29) is 0 Å². The van der Waals surface area contributed by atoms with Crippen molar-refractivity contribution in [1.29, 1.82) is 0 Å². The molecule has 1 aliphatic heterocycles. The summed E-state index contributed by atoms with van der Waals surface area (Å²) >= 11 is 6.02. The predicted molar refractivity (Wildman–Crippen MR) is 76.0 cm³/mol. The smallest absolute Gasteiger partial charge is 0.140 e. The van der Waals surface area contributed by atoms with Gasteiger partial charge in [0.05, 0.1) is 5.69 Å². The molecule has 0 amide bonds. The van der Waals surface area contributed by atoms with Crippen molar-refractivity contribution >= 4 is 11.6 Å². The van der Waals surface area contributed by atoms with E-state index in [1.807, 2.05) is 18.2 Å². The molecule has 1 aliphatic rings. The predicted octanol–water partition coefficient (Wildman–Crippen LogP) is 2.70. The van der Waals surface area contributed by atoms with Gasteiger partial charge in [0, 0.05) is 10.9 Å². The maximum absolute atomic E-state index is 6.02. The summed E-state index contributed by atoms with van der Waals surface area (Å²) in [6, 6.07) is 5.92. The largest absolute Gasteiger partial charge is 0.317 e. The maximum atomic E-state index is 6.02. The molecule has 0 aliphatic carbocycles. The first-order chi connectivity index (χ1) is 9.25. The average Bonchev–Trinajstić information content (AvgIpc) is 2.89. The summed E-state index contributed by atoms with van der Waals surface area (Å²) in [5.74, 6) is 1.55. The van der Waals surface area contributed by atoms with Gasteiger partial charge in [0.2, 0.25) is 0 Å². The van der Waals surface area contributed by atoms with Gasteiger partial charge in [-0.1, -0.05) is 11.6 Å². The van der Waals surface area contributed by atoms with Crippen molar-refractivity contribution in [2.24, 2.45) is 0 Å². The molecule has 0 spiro atoms. The minimum Gasteiger partial charge on any atom is -0.317 e. The number of rotatable bonds is 2. The molecule has 5 heteroatoms. The van der Waals surface area contributed by atoms with Crippen LogP contribution in [0.1, 0.15) is 30.1 Å². The van der Waals surface area contributed by atoms with E-state index in [1.165, 1.54) is 0 Å². The molecule has 0 atom stereocenters. The Morgan fingerprint density at radius 3 is 2.84 bits per heavy atom. The first-order valence-corrected chi connectivity index (χ1v) is 7.00. The van der Waals surface area contributed by atoms with E-state index in [0.29, 0.717) is 5.92 Å². The molecule has 2 aromatic rings. The van der Waals surface area contributed by atoms with Crippen LogP contribution in [-0.2, 0) is 0 Å². The highest BCUT2D eigenvalue weighted by Crippen LogP contribution is 2.27. The number of nitrogens with one attached hydrogen (secondary N) is 1. The molecule has 3 rings (SSSR count). The quantitative estimate of drug-likeness (QED) is 0.917. The molecule has 0 bridgehead atoms. The van der Waals surface area contributed by atoms with Gasteiger partial charge in [0.25, 0.3) is 0 Å². The van der Waals surface area contributed by atoms with E-state index in [1.54, 1.807) is 6.33 Å². The number of aromatic nitrogens is 3. The van der Waals surface area contributed by atoms with Gasteiger partial charge in [-0.2, -0.15) is 0 Å². The minimum atomic E-state index is 0.485. The number of hydrogen-bond acceptors (Lipinski definition) is 3.